The van der Waals surface area contributed by atoms with Gasteiger partial charge in [0.05, 0.1) is 18.1 Å². The van der Waals surface area contributed by atoms with Gasteiger partial charge in [-0.25, -0.2) is 9.78 Å². The number of hydrogen-bond donors (Lipinski definition) is 2. The molecule has 5 nitrogen and oxygen atoms in total. The molecule has 80 valence electrons. The smallest absolute Gasteiger partial charge is 0.356 e. The second kappa shape index (κ2) is 3.06. The molecule has 3 rings (SSSR count). The van der Waals surface area contributed by atoms with Crippen LogP contribution in [0.15, 0.2) is 6.33 Å². The lowest BCUT2D eigenvalue weighted by molar-refractivity contribution is 0.0688. The van der Waals surface area contributed by atoms with Crippen molar-refractivity contribution in [2.75, 3.05) is 6.54 Å². The third-order valence-corrected chi connectivity index (χ3v) is 3.19. The van der Waals surface area contributed by atoms with E-state index in [1.165, 1.54) is 12.8 Å². The van der Waals surface area contributed by atoms with Crippen molar-refractivity contribution in [3.05, 3.63) is 17.7 Å². The zero-order chi connectivity index (χ0) is 10.4. The summed E-state index contributed by atoms with van der Waals surface area (Å²) in [6.07, 6.45) is 4.04. The lowest BCUT2D eigenvalue weighted by atomic mass is 10.0. The molecule has 2 N–H and O–H groups in total. The van der Waals surface area contributed by atoms with Gasteiger partial charge in [-0.1, -0.05) is 0 Å². The SMILES string of the molecule is O=C(O)c1ncn2c1C(C1CC1)NCC2. The van der Waals surface area contributed by atoms with Crippen molar-refractivity contribution in [2.45, 2.75) is 25.4 Å². The number of nitrogens with one attached hydrogen (secondary N) is 1. The van der Waals surface area contributed by atoms with Crippen molar-refractivity contribution in [1.29, 1.82) is 0 Å². The highest BCUT2D eigenvalue weighted by atomic mass is 16.4. The molecule has 15 heavy (non-hydrogen) atoms. The highest BCUT2D eigenvalue weighted by Gasteiger charge is 2.38. The normalized spacial score (nSPS) is 24.9. The van der Waals surface area contributed by atoms with Crippen molar-refractivity contribution in [3.8, 4) is 0 Å². The fourth-order valence-corrected chi connectivity index (χ4v) is 2.32. The number of aromatic nitrogens is 2. The maximum absolute atomic E-state index is 11.0. The second-order valence-corrected chi connectivity index (χ2v) is 4.25. The van der Waals surface area contributed by atoms with Crippen molar-refractivity contribution < 1.29 is 9.90 Å². The van der Waals surface area contributed by atoms with Gasteiger partial charge in [0.25, 0.3) is 0 Å². The molecular formula is C10H13N3O2. The van der Waals surface area contributed by atoms with Crippen LogP contribution in [0.1, 0.15) is 35.1 Å². The van der Waals surface area contributed by atoms with E-state index in [1.807, 2.05) is 4.57 Å². The molecule has 1 fully saturated rings. The molecule has 1 saturated carbocycles. The number of fused-ring (bicyclic) bond motifs is 1. The first-order valence-electron chi connectivity index (χ1n) is 5.29. The van der Waals surface area contributed by atoms with Gasteiger partial charge in [0.2, 0.25) is 0 Å². The predicted molar refractivity (Wildman–Crippen MR) is 52.7 cm³/mol. The van der Waals surface area contributed by atoms with Crippen LogP contribution in [0, 0.1) is 5.92 Å². The largest absolute Gasteiger partial charge is 0.476 e. The summed E-state index contributed by atoms with van der Waals surface area (Å²) in [4.78, 5) is 15.0. The number of carboxylic acids is 1. The Morgan fingerprint density at radius 1 is 1.60 bits per heavy atom. The molecule has 0 spiro atoms. The van der Waals surface area contributed by atoms with Gasteiger partial charge in [-0.15, -0.1) is 0 Å². The Labute approximate surface area is 87.1 Å². The Morgan fingerprint density at radius 3 is 3.07 bits per heavy atom. The van der Waals surface area contributed by atoms with E-state index in [-0.39, 0.29) is 11.7 Å². The Hall–Kier alpha value is -1.36. The van der Waals surface area contributed by atoms with Gasteiger partial charge in [-0.05, 0) is 18.8 Å². The summed E-state index contributed by atoms with van der Waals surface area (Å²) in [6.45, 7) is 1.72. The van der Waals surface area contributed by atoms with Crippen LogP contribution in [-0.4, -0.2) is 27.2 Å². The third kappa shape index (κ3) is 1.34. The number of carbonyl (C=O) groups is 1. The highest BCUT2D eigenvalue weighted by Crippen LogP contribution is 2.42. The maximum Gasteiger partial charge on any atom is 0.356 e. The van der Waals surface area contributed by atoms with E-state index >= 15 is 0 Å². The Morgan fingerprint density at radius 2 is 2.40 bits per heavy atom. The van der Waals surface area contributed by atoms with E-state index in [0.717, 1.165) is 18.8 Å². The zero-order valence-electron chi connectivity index (χ0n) is 8.31. The first kappa shape index (κ1) is 8.91. The molecule has 0 bridgehead atoms. The summed E-state index contributed by atoms with van der Waals surface area (Å²) in [5.41, 5.74) is 1.09. The molecule has 0 amide bonds. The number of aromatic carboxylic acids is 1. The van der Waals surface area contributed by atoms with Crippen LogP contribution in [-0.2, 0) is 6.54 Å². The third-order valence-electron chi connectivity index (χ3n) is 3.19. The Bertz CT molecular complexity index is 409. The molecule has 1 aromatic heterocycles. The maximum atomic E-state index is 11.0. The van der Waals surface area contributed by atoms with Gasteiger partial charge >= 0.3 is 5.97 Å². The van der Waals surface area contributed by atoms with Crippen molar-refractivity contribution in [3.63, 3.8) is 0 Å². The first-order chi connectivity index (χ1) is 7.27. The predicted octanol–water partition coefficient (Wildman–Crippen LogP) is 0.636. The molecule has 1 atom stereocenters. The topological polar surface area (TPSA) is 67.1 Å². The molecular weight excluding hydrogens is 194 g/mol. The summed E-state index contributed by atoms with van der Waals surface area (Å²) in [7, 11) is 0. The van der Waals surface area contributed by atoms with Gasteiger partial charge in [0.1, 0.15) is 0 Å². The summed E-state index contributed by atoms with van der Waals surface area (Å²) >= 11 is 0. The second-order valence-electron chi connectivity index (χ2n) is 4.25. The average Bonchev–Trinajstić information content (AvgIpc) is 2.96. The monoisotopic (exact) mass is 207 g/mol. The minimum absolute atomic E-state index is 0.201. The summed E-state index contributed by atoms with van der Waals surface area (Å²) in [6, 6.07) is 0.201. The van der Waals surface area contributed by atoms with Crippen LogP contribution in [0.4, 0.5) is 0 Å². The van der Waals surface area contributed by atoms with Gasteiger partial charge in [0, 0.05) is 13.1 Å². The van der Waals surface area contributed by atoms with Crippen molar-refractivity contribution >= 4 is 5.97 Å². The molecule has 1 aliphatic carbocycles. The van der Waals surface area contributed by atoms with Gasteiger partial charge in [-0.3, -0.25) is 0 Å². The molecule has 0 aromatic carbocycles. The number of carboxylic acid groups (broad SMARTS) is 1. The van der Waals surface area contributed by atoms with E-state index in [9.17, 15) is 4.79 Å². The quantitative estimate of drug-likeness (QED) is 0.746. The lowest BCUT2D eigenvalue weighted by Crippen LogP contribution is -2.35. The average molecular weight is 207 g/mol. The van der Waals surface area contributed by atoms with Crippen LogP contribution in [0.25, 0.3) is 0 Å². The van der Waals surface area contributed by atoms with Crippen LogP contribution in [0.5, 0.6) is 0 Å². The summed E-state index contributed by atoms with van der Waals surface area (Å²) in [5.74, 6) is -0.308. The van der Waals surface area contributed by atoms with E-state index in [2.05, 4.69) is 10.3 Å². The summed E-state index contributed by atoms with van der Waals surface area (Å²) < 4.78 is 1.98. The van der Waals surface area contributed by atoms with E-state index in [4.69, 9.17) is 5.11 Å². The van der Waals surface area contributed by atoms with Gasteiger partial charge < -0.3 is 15.0 Å². The van der Waals surface area contributed by atoms with E-state index in [1.54, 1.807) is 6.33 Å². The number of rotatable bonds is 2. The highest BCUT2D eigenvalue weighted by molar-refractivity contribution is 5.87. The number of nitrogens with zero attached hydrogens (tertiary/aromatic N) is 2. The molecule has 2 heterocycles. The summed E-state index contributed by atoms with van der Waals surface area (Å²) in [5, 5.41) is 12.4. The zero-order valence-corrected chi connectivity index (χ0v) is 8.31. The van der Waals surface area contributed by atoms with Crippen LogP contribution in [0.3, 0.4) is 0 Å². The van der Waals surface area contributed by atoms with Crippen LogP contribution in [0.2, 0.25) is 0 Å². The molecule has 1 aliphatic heterocycles. The first-order valence-corrected chi connectivity index (χ1v) is 5.29. The minimum Gasteiger partial charge on any atom is -0.476 e. The standard InChI is InChI=1S/C10H13N3O2/c14-10(15)8-9-7(6-1-2-6)11-3-4-13(9)5-12-8/h5-7,11H,1-4H2,(H,14,15). The number of imidazole rings is 1. The number of hydrogen-bond acceptors (Lipinski definition) is 3. The Kier molecular flexibility index (Phi) is 1.82. The minimum atomic E-state index is -0.918. The Balaban J connectivity index is 2.05. The van der Waals surface area contributed by atoms with Gasteiger partial charge in [0.15, 0.2) is 5.69 Å². The van der Waals surface area contributed by atoms with Crippen molar-refractivity contribution in [1.82, 2.24) is 14.9 Å². The molecule has 1 aromatic rings. The van der Waals surface area contributed by atoms with Crippen LogP contribution >= 0.6 is 0 Å². The molecule has 2 aliphatic rings. The van der Waals surface area contributed by atoms with E-state index < -0.39 is 5.97 Å². The van der Waals surface area contributed by atoms with Crippen LogP contribution < -0.4 is 5.32 Å². The molecule has 5 heteroatoms. The lowest BCUT2D eigenvalue weighted by Gasteiger charge is -2.26. The fraction of sp³-hybridized carbons (Fsp3) is 0.600. The fourth-order valence-electron chi connectivity index (χ4n) is 2.32. The van der Waals surface area contributed by atoms with Gasteiger partial charge in [-0.2, -0.15) is 0 Å². The van der Waals surface area contributed by atoms with E-state index in [0.29, 0.717) is 5.92 Å². The molecule has 0 saturated heterocycles. The molecule has 0 radical (unpaired) electrons. The molecule has 1 unspecified atom stereocenters. The van der Waals surface area contributed by atoms with Crippen molar-refractivity contribution in [2.24, 2.45) is 5.92 Å².